The monoisotopic (exact) mass is 380 g/mol. The van der Waals surface area contributed by atoms with Crippen molar-refractivity contribution in [1.82, 2.24) is 0 Å². The zero-order chi connectivity index (χ0) is 20.0. The quantitative estimate of drug-likeness (QED) is 0.573. The number of hydrogen-bond acceptors (Lipinski definition) is 2. The van der Waals surface area contributed by atoms with Crippen LogP contribution in [0.1, 0.15) is 89.2 Å². The van der Waals surface area contributed by atoms with Gasteiger partial charge < -0.3 is 10.2 Å². The van der Waals surface area contributed by atoms with Gasteiger partial charge in [-0.05, 0) is 53.6 Å². The molecule has 2 aromatic rings. The van der Waals surface area contributed by atoms with Crippen LogP contribution in [0.25, 0.3) is 0 Å². The van der Waals surface area contributed by atoms with E-state index >= 15 is 0 Å². The van der Waals surface area contributed by atoms with E-state index in [0.29, 0.717) is 11.5 Å². The number of rotatable bonds is 2. The van der Waals surface area contributed by atoms with Crippen LogP contribution in [0.15, 0.2) is 48.5 Å². The molecule has 1 aliphatic carbocycles. The molecule has 0 spiro atoms. The minimum atomic E-state index is -0.131. The van der Waals surface area contributed by atoms with Crippen molar-refractivity contribution < 1.29 is 10.2 Å². The summed E-state index contributed by atoms with van der Waals surface area (Å²) in [7, 11) is 0. The van der Waals surface area contributed by atoms with Crippen LogP contribution in [0, 0.1) is 5.41 Å². The molecule has 2 heteroatoms. The van der Waals surface area contributed by atoms with E-state index in [1.54, 1.807) is 0 Å². The number of benzene rings is 2. The van der Waals surface area contributed by atoms with E-state index in [2.05, 4.69) is 38.1 Å². The maximum Gasteiger partial charge on any atom is 0.115 e. The van der Waals surface area contributed by atoms with Gasteiger partial charge >= 0.3 is 0 Å². The fourth-order valence-electron chi connectivity index (χ4n) is 5.30. The molecule has 0 aliphatic heterocycles. The van der Waals surface area contributed by atoms with Gasteiger partial charge in [0.15, 0.2) is 0 Å². The molecule has 28 heavy (non-hydrogen) atoms. The fraction of sp³-hybridized carbons (Fsp3) is 0.538. The zero-order valence-electron chi connectivity index (χ0n) is 17.6. The molecule has 0 radical (unpaired) electrons. The number of phenolic OH excluding ortho intramolecular Hbond substituents is 2. The maximum atomic E-state index is 9.89. The first-order valence-corrected chi connectivity index (χ1v) is 11.0. The minimum absolute atomic E-state index is 0.0696. The summed E-state index contributed by atoms with van der Waals surface area (Å²) in [6.07, 6.45) is 12.7. The summed E-state index contributed by atoms with van der Waals surface area (Å²) >= 11 is 0. The Morgan fingerprint density at radius 3 is 1.32 bits per heavy atom. The molecule has 1 aliphatic rings. The van der Waals surface area contributed by atoms with Crippen LogP contribution in [-0.4, -0.2) is 10.2 Å². The van der Waals surface area contributed by atoms with Gasteiger partial charge in [-0.2, -0.15) is 0 Å². The number of hydrogen-bond donors (Lipinski definition) is 2. The van der Waals surface area contributed by atoms with E-state index in [1.165, 1.54) is 68.9 Å². The predicted molar refractivity (Wildman–Crippen MR) is 117 cm³/mol. The van der Waals surface area contributed by atoms with Gasteiger partial charge in [0.25, 0.3) is 0 Å². The van der Waals surface area contributed by atoms with Gasteiger partial charge in [0, 0.05) is 5.41 Å². The molecule has 2 nitrogen and oxygen atoms in total. The van der Waals surface area contributed by atoms with Gasteiger partial charge in [-0.3, -0.25) is 0 Å². The molecular formula is C26H36O2. The fourth-order valence-corrected chi connectivity index (χ4v) is 5.30. The van der Waals surface area contributed by atoms with E-state index in [1.807, 2.05) is 24.3 Å². The molecule has 1 saturated carbocycles. The van der Waals surface area contributed by atoms with E-state index in [-0.39, 0.29) is 10.8 Å². The summed E-state index contributed by atoms with van der Waals surface area (Å²) in [5.41, 5.74) is 2.49. The normalized spacial score (nSPS) is 20.6. The van der Waals surface area contributed by atoms with Gasteiger partial charge in [-0.25, -0.2) is 0 Å². The van der Waals surface area contributed by atoms with Gasteiger partial charge in [-0.15, -0.1) is 0 Å². The van der Waals surface area contributed by atoms with Crippen LogP contribution in [0.4, 0.5) is 0 Å². The molecule has 3 rings (SSSR count). The van der Waals surface area contributed by atoms with Crippen LogP contribution < -0.4 is 0 Å². The molecule has 0 atom stereocenters. The molecule has 0 amide bonds. The summed E-state index contributed by atoms with van der Waals surface area (Å²) < 4.78 is 0. The van der Waals surface area contributed by atoms with Crippen molar-refractivity contribution in [2.45, 2.75) is 83.5 Å². The molecule has 1 fully saturated rings. The third-order valence-electron chi connectivity index (χ3n) is 6.98. The molecule has 0 heterocycles. The van der Waals surface area contributed by atoms with Crippen molar-refractivity contribution in [3.05, 3.63) is 59.7 Å². The number of phenols is 2. The SMILES string of the molecule is CC1(C)CCCCCCCCCCC1(c1ccc(O)cc1)c1ccc(O)cc1. The van der Waals surface area contributed by atoms with E-state index in [4.69, 9.17) is 0 Å². The molecule has 0 bridgehead atoms. The second-order valence-corrected chi connectivity index (χ2v) is 9.21. The Morgan fingerprint density at radius 1 is 0.536 bits per heavy atom. The summed E-state index contributed by atoms with van der Waals surface area (Å²) in [5.74, 6) is 0.631. The van der Waals surface area contributed by atoms with Crippen LogP contribution in [0.3, 0.4) is 0 Å². The molecule has 152 valence electrons. The average molecular weight is 381 g/mol. The molecule has 0 saturated heterocycles. The predicted octanol–water partition coefficient (Wildman–Crippen LogP) is 7.32. The van der Waals surface area contributed by atoms with Crippen molar-refractivity contribution in [3.8, 4) is 11.5 Å². The Kier molecular flexibility index (Phi) is 6.69. The Balaban J connectivity index is 2.12. The Morgan fingerprint density at radius 2 is 0.893 bits per heavy atom. The van der Waals surface area contributed by atoms with Gasteiger partial charge in [0.05, 0.1) is 0 Å². The maximum absolute atomic E-state index is 9.89. The van der Waals surface area contributed by atoms with Crippen LogP contribution in [-0.2, 0) is 5.41 Å². The van der Waals surface area contributed by atoms with Gasteiger partial charge in [-0.1, -0.05) is 89.5 Å². The smallest absolute Gasteiger partial charge is 0.115 e. The minimum Gasteiger partial charge on any atom is -0.508 e. The second-order valence-electron chi connectivity index (χ2n) is 9.21. The van der Waals surface area contributed by atoms with Crippen molar-refractivity contribution in [1.29, 1.82) is 0 Å². The van der Waals surface area contributed by atoms with E-state index in [9.17, 15) is 10.2 Å². The highest BCUT2D eigenvalue weighted by Crippen LogP contribution is 2.53. The highest BCUT2D eigenvalue weighted by atomic mass is 16.3. The summed E-state index contributed by atoms with van der Waals surface area (Å²) in [4.78, 5) is 0. The lowest BCUT2D eigenvalue weighted by Crippen LogP contribution is -2.43. The molecule has 2 N–H and O–H groups in total. The standard InChI is InChI=1S/C26H36O2/c1-25(2)19-9-7-5-3-4-6-8-10-20-26(25,21-11-15-23(27)16-12-21)22-13-17-24(28)18-14-22/h11-18,27-28H,3-10,19-20H2,1-2H3. The topological polar surface area (TPSA) is 40.5 Å². The summed E-state index contributed by atoms with van der Waals surface area (Å²) in [6, 6.07) is 15.7. The van der Waals surface area contributed by atoms with Crippen LogP contribution >= 0.6 is 0 Å². The largest absolute Gasteiger partial charge is 0.508 e. The third-order valence-corrected chi connectivity index (χ3v) is 6.98. The molecule has 0 unspecified atom stereocenters. The Bertz CT molecular complexity index is 683. The second kappa shape index (κ2) is 9.03. The molecule has 2 aromatic carbocycles. The van der Waals surface area contributed by atoms with E-state index < -0.39 is 0 Å². The van der Waals surface area contributed by atoms with Crippen molar-refractivity contribution in [2.24, 2.45) is 5.41 Å². The lowest BCUT2D eigenvalue weighted by Gasteiger charge is -2.49. The van der Waals surface area contributed by atoms with Crippen LogP contribution in [0.5, 0.6) is 11.5 Å². The molecular weight excluding hydrogens is 344 g/mol. The van der Waals surface area contributed by atoms with Crippen LogP contribution in [0.2, 0.25) is 0 Å². The highest BCUT2D eigenvalue weighted by molar-refractivity contribution is 5.45. The highest BCUT2D eigenvalue weighted by Gasteiger charge is 2.46. The first-order valence-electron chi connectivity index (χ1n) is 11.0. The van der Waals surface area contributed by atoms with Gasteiger partial charge in [0.2, 0.25) is 0 Å². The first-order chi connectivity index (χ1) is 13.5. The summed E-state index contributed by atoms with van der Waals surface area (Å²) in [5, 5.41) is 19.8. The first kappa shape index (κ1) is 20.8. The summed E-state index contributed by atoms with van der Waals surface area (Å²) in [6.45, 7) is 4.83. The van der Waals surface area contributed by atoms with E-state index in [0.717, 1.165) is 6.42 Å². The van der Waals surface area contributed by atoms with Crippen molar-refractivity contribution in [2.75, 3.05) is 0 Å². The molecule has 0 aromatic heterocycles. The third kappa shape index (κ3) is 4.37. The van der Waals surface area contributed by atoms with Gasteiger partial charge in [0.1, 0.15) is 11.5 Å². The Hall–Kier alpha value is -1.96. The lowest BCUT2D eigenvalue weighted by molar-refractivity contribution is 0.160. The zero-order valence-corrected chi connectivity index (χ0v) is 17.6. The van der Waals surface area contributed by atoms with Crippen molar-refractivity contribution in [3.63, 3.8) is 0 Å². The Labute approximate surface area is 170 Å². The van der Waals surface area contributed by atoms with Crippen molar-refractivity contribution >= 4 is 0 Å². The lowest BCUT2D eigenvalue weighted by atomic mass is 9.54. The average Bonchev–Trinajstić information content (AvgIpc) is 2.67. The number of aromatic hydroxyl groups is 2.